The summed E-state index contributed by atoms with van der Waals surface area (Å²) < 4.78 is 63.4. The van der Waals surface area contributed by atoms with Crippen molar-refractivity contribution in [1.29, 1.82) is 0 Å². The van der Waals surface area contributed by atoms with Crippen molar-refractivity contribution in [2.75, 3.05) is 11.6 Å². The average Bonchev–Trinajstić information content (AvgIpc) is 2.35. The SMILES string of the molecule is CC(CBr)C(C)NS(=O)(=O)c1cc(S(C)(=O)=O)ccc1F. The Balaban J connectivity index is 3.26. The summed E-state index contributed by atoms with van der Waals surface area (Å²) in [6.07, 6.45) is 0.930. The van der Waals surface area contributed by atoms with E-state index in [0.29, 0.717) is 5.33 Å². The molecule has 2 atom stereocenters. The third-order valence-electron chi connectivity index (χ3n) is 3.06. The van der Waals surface area contributed by atoms with Gasteiger partial charge in [-0.25, -0.2) is 25.9 Å². The first kappa shape index (κ1) is 18.5. The van der Waals surface area contributed by atoms with Crippen molar-refractivity contribution in [3.63, 3.8) is 0 Å². The fourth-order valence-corrected chi connectivity index (χ4v) is 4.22. The molecule has 0 heterocycles. The van der Waals surface area contributed by atoms with Crippen LogP contribution in [-0.2, 0) is 19.9 Å². The molecule has 1 aromatic rings. The topological polar surface area (TPSA) is 80.3 Å². The van der Waals surface area contributed by atoms with Crippen molar-refractivity contribution in [3.8, 4) is 0 Å². The molecule has 0 aliphatic heterocycles. The van der Waals surface area contributed by atoms with Gasteiger partial charge in [0.25, 0.3) is 0 Å². The van der Waals surface area contributed by atoms with Gasteiger partial charge in [0.05, 0.1) is 4.90 Å². The van der Waals surface area contributed by atoms with Crippen LogP contribution in [0.25, 0.3) is 0 Å². The summed E-state index contributed by atoms with van der Waals surface area (Å²) in [5.41, 5.74) is 0. The smallest absolute Gasteiger partial charge is 0.224 e. The van der Waals surface area contributed by atoms with Crippen LogP contribution in [0.3, 0.4) is 0 Å². The maximum atomic E-state index is 13.8. The Morgan fingerprint density at radius 1 is 1.24 bits per heavy atom. The zero-order chi connectivity index (χ0) is 16.4. The maximum absolute atomic E-state index is 13.8. The number of sulfone groups is 1. The molecule has 1 aromatic carbocycles. The zero-order valence-electron chi connectivity index (χ0n) is 11.8. The van der Waals surface area contributed by atoms with Gasteiger partial charge in [0, 0.05) is 17.6 Å². The lowest BCUT2D eigenvalue weighted by atomic mass is 10.1. The van der Waals surface area contributed by atoms with E-state index in [4.69, 9.17) is 0 Å². The summed E-state index contributed by atoms with van der Waals surface area (Å²) in [4.78, 5) is -0.912. The Kier molecular flexibility index (Phi) is 5.93. The standard InChI is InChI=1S/C12H17BrFNO4S2/c1-8(7-13)9(2)15-21(18,19)12-6-10(20(3,16)17)4-5-11(12)14/h4-6,8-9,15H,7H2,1-3H3. The van der Waals surface area contributed by atoms with Crippen molar-refractivity contribution >= 4 is 35.8 Å². The summed E-state index contributed by atoms with van der Waals surface area (Å²) in [7, 11) is -7.76. The van der Waals surface area contributed by atoms with Gasteiger partial charge in [0.1, 0.15) is 10.7 Å². The van der Waals surface area contributed by atoms with Crippen LogP contribution in [0, 0.1) is 11.7 Å². The molecule has 0 amide bonds. The number of hydrogen-bond donors (Lipinski definition) is 1. The van der Waals surface area contributed by atoms with Gasteiger partial charge in [-0.3, -0.25) is 0 Å². The first-order valence-electron chi connectivity index (χ1n) is 6.07. The van der Waals surface area contributed by atoms with Gasteiger partial charge in [0.2, 0.25) is 10.0 Å². The first-order valence-corrected chi connectivity index (χ1v) is 10.6. The van der Waals surface area contributed by atoms with Crippen LogP contribution in [0.4, 0.5) is 4.39 Å². The molecule has 0 spiro atoms. The first-order chi connectivity index (χ1) is 9.49. The predicted octanol–water partition coefficient (Wildman–Crippen LogP) is 1.93. The van der Waals surface area contributed by atoms with Crippen LogP contribution in [0.15, 0.2) is 28.0 Å². The van der Waals surface area contributed by atoms with Crippen LogP contribution in [-0.4, -0.2) is 34.5 Å². The zero-order valence-corrected chi connectivity index (χ0v) is 15.0. The van der Waals surface area contributed by atoms with Crippen LogP contribution in [0.2, 0.25) is 0 Å². The highest BCUT2D eigenvalue weighted by Gasteiger charge is 2.25. The number of halogens is 2. The van der Waals surface area contributed by atoms with Crippen molar-refractivity contribution < 1.29 is 21.2 Å². The number of nitrogens with one attached hydrogen (secondary N) is 1. The molecule has 0 saturated heterocycles. The minimum absolute atomic E-state index is 0.0130. The number of benzene rings is 1. The molecular weight excluding hydrogens is 385 g/mol. The van der Waals surface area contributed by atoms with Gasteiger partial charge in [-0.1, -0.05) is 22.9 Å². The summed E-state index contributed by atoms with van der Waals surface area (Å²) >= 11 is 3.24. The Labute approximate surface area is 133 Å². The van der Waals surface area contributed by atoms with E-state index in [-0.39, 0.29) is 10.8 Å². The Bertz CT molecular complexity index is 719. The summed E-state index contributed by atoms with van der Waals surface area (Å²) in [6.45, 7) is 3.48. The molecule has 21 heavy (non-hydrogen) atoms. The third-order valence-corrected chi connectivity index (χ3v) is 6.76. The third kappa shape index (κ3) is 4.73. The van der Waals surface area contributed by atoms with Crippen LogP contribution in [0.5, 0.6) is 0 Å². The van der Waals surface area contributed by atoms with E-state index in [0.717, 1.165) is 24.5 Å². The summed E-state index contributed by atoms with van der Waals surface area (Å²) in [5, 5.41) is 0.572. The second-order valence-corrected chi connectivity index (χ2v) is 9.25. The van der Waals surface area contributed by atoms with Gasteiger partial charge < -0.3 is 0 Å². The van der Waals surface area contributed by atoms with E-state index in [9.17, 15) is 21.2 Å². The Hall–Kier alpha value is -0.510. The normalized spacial score (nSPS) is 15.7. The molecule has 1 N–H and O–H groups in total. The minimum Gasteiger partial charge on any atom is -0.224 e. The van der Waals surface area contributed by atoms with Crippen LogP contribution >= 0.6 is 15.9 Å². The lowest BCUT2D eigenvalue weighted by Crippen LogP contribution is -2.38. The van der Waals surface area contributed by atoms with Crippen molar-refractivity contribution in [2.45, 2.75) is 29.7 Å². The maximum Gasteiger partial charge on any atom is 0.243 e. The molecule has 2 unspecified atom stereocenters. The lowest BCUT2D eigenvalue weighted by molar-refractivity contribution is 0.480. The minimum atomic E-state index is -4.14. The summed E-state index contributed by atoms with van der Waals surface area (Å²) in [6, 6.07) is 2.27. The highest BCUT2D eigenvalue weighted by Crippen LogP contribution is 2.20. The van der Waals surface area contributed by atoms with E-state index in [1.165, 1.54) is 0 Å². The molecule has 120 valence electrons. The molecule has 5 nitrogen and oxygen atoms in total. The Morgan fingerprint density at radius 2 is 1.81 bits per heavy atom. The van der Waals surface area contributed by atoms with E-state index in [1.54, 1.807) is 6.92 Å². The summed E-state index contributed by atoms with van der Waals surface area (Å²) in [5.74, 6) is -1.01. The molecule has 9 heteroatoms. The fourth-order valence-electron chi connectivity index (χ4n) is 1.48. The van der Waals surface area contributed by atoms with Crippen molar-refractivity contribution in [1.82, 2.24) is 4.72 Å². The van der Waals surface area contributed by atoms with Gasteiger partial charge >= 0.3 is 0 Å². The van der Waals surface area contributed by atoms with E-state index < -0.39 is 36.6 Å². The van der Waals surface area contributed by atoms with Crippen LogP contribution in [0.1, 0.15) is 13.8 Å². The highest BCUT2D eigenvalue weighted by molar-refractivity contribution is 9.09. The van der Waals surface area contributed by atoms with Crippen molar-refractivity contribution in [2.24, 2.45) is 5.92 Å². The lowest BCUT2D eigenvalue weighted by Gasteiger charge is -2.19. The monoisotopic (exact) mass is 401 g/mol. The molecule has 0 bridgehead atoms. The number of alkyl halides is 1. The fraction of sp³-hybridized carbons (Fsp3) is 0.500. The number of hydrogen-bond acceptors (Lipinski definition) is 4. The molecule has 0 radical (unpaired) electrons. The van der Waals surface area contributed by atoms with E-state index >= 15 is 0 Å². The molecule has 0 saturated carbocycles. The second-order valence-electron chi connectivity index (χ2n) is 4.91. The van der Waals surface area contributed by atoms with Gasteiger partial charge in [-0.15, -0.1) is 0 Å². The molecule has 1 rings (SSSR count). The number of sulfonamides is 1. The van der Waals surface area contributed by atoms with Crippen molar-refractivity contribution in [3.05, 3.63) is 24.0 Å². The van der Waals surface area contributed by atoms with E-state index in [2.05, 4.69) is 20.7 Å². The largest absolute Gasteiger partial charge is 0.243 e. The quantitative estimate of drug-likeness (QED) is 0.583. The van der Waals surface area contributed by atoms with Crippen LogP contribution < -0.4 is 4.72 Å². The molecule has 0 aliphatic rings. The predicted molar refractivity (Wildman–Crippen MR) is 82.3 cm³/mol. The molecule has 0 aliphatic carbocycles. The average molecular weight is 402 g/mol. The Morgan fingerprint density at radius 3 is 2.29 bits per heavy atom. The van der Waals surface area contributed by atoms with E-state index in [1.807, 2.05) is 6.92 Å². The number of rotatable bonds is 6. The molecular formula is C12H17BrFNO4S2. The molecule has 0 aromatic heterocycles. The highest BCUT2D eigenvalue weighted by atomic mass is 79.9. The van der Waals surface area contributed by atoms with Gasteiger partial charge in [-0.05, 0) is 31.0 Å². The van der Waals surface area contributed by atoms with Gasteiger partial charge in [-0.2, -0.15) is 0 Å². The second kappa shape index (κ2) is 6.72. The van der Waals surface area contributed by atoms with Gasteiger partial charge in [0.15, 0.2) is 9.84 Å². The molecule has 0 fully saturated rings.